The van der Waals surface area contributed by atoms with E-state index in [4.69, 9.17) is 10.5 Å². The standard InChI is InChI=1S/C10H15N3O.Cl2/c11-8-9-1-2-12-10(7-9)13-3-5-14-6-4-13;1-2/h1-2,7H,3-6,8,11H2;. The van der Waals surface area contributed by atoms with Gasteiger partial charge in [0.05, 0.1) is 13.2 Å². The van der Waals surface area contributed by atoms with Crippen LogP contribution in [0, 0.1) is 0 Å². The summed E-state index contributed by atoms with van der Waals surface area (Å²) in [6.45, 7) is 3.98. The first-order valence-corrected chi connectivity index (χ1v) is 6.16. The highest BCUT2D eigenvalue weighted by Gasteiger charge is 2.11. The smallest absolute Gasteiger partial charge is 0.128 e. The van der Waals surface area contributed by atoms with Gasteiger partial charge >= 0.3 is 0 Å². The van der Waals surface area contributed by atoms with E-state index in [-0.39, 0.29) is 0 Å². The minimum Gasteiger partial charge on any atom is -0.378 e. The van der Waals surface area contributed by atoms with Gasteiger partial charge in [0, 0.05) is 47.5 Å². The second-order valence-corrected chi connectivity index (χ2v) is 3.33. The lowest BCUT2D eigenvalue weighted by Crippen LogP contribution is -2.36. The summed E-state index contributed by atoms with van der Waals surface area (Å²) in [5, 5.41) is 0. The van der Waals surface area contributed by atoms with Gasteiger partial charge in [-0.25, -0.2) is 4.98 Å². The molecule has 90 valence electrons. The number of hydrogen-bond acceptors (Lipinski definition) is 4. The number of rotatable bonds is 2. The number of ether oxygens (including phenoxy) is 1. The fourth-order valence-electron chi connectivity index (χ4n) is 1.55. The molecule has 4 nitrogen and oxygen atoms in total. The van der Waals surface area contributed by atoms with Gasteiger partial charge in [-0.1, -0.05) is 0 Å². The van der Waals surface area contributed by atoms with Crippen molar-refractivity contribution in [2.45, 2.75) is 6.54 Å². The van der Waals surface area contributed by atoms with Crippen molar-refractivity contribution in [3.8, 4) is 0 Å². The first-order valence-electron chi connectivity index (χ1n) is 5.02. The zero-order chi connectivity index (χ0) is 11.8. The average molecular weight is 264 g/mol. The summed E-state index contributed by atoms with van der Waals surface area (Å²) in [6.07, 6.45) is 1.81. The van der Waals surface area contributed by atoms with Crippen LogP contribution in [-0.2, 0) is 11.3 Å². The lowest BCUT2D eigenvalue weighted by Gasteiger charge is -2.27. The third kappa shape index (κ3) is 3.79. The van der Waals surface area contributed by atoms with Crippen molar-refractivity contribution in [1.82, 2.24) is 4.98 Å². The lowest BCUT2D eigenvalue weighted by atomic mass is 10.2. The van der Waals surface area contributed by atoms with E-state index in [1.54, 1.807) is 0 Å². The van der Waals surface area contributed by atoms with Crippen LogP contribution in [0.2, 0.25) is 0 Å². The molecule has 1 fully saturated rings. The Labute approximate surface area is 105 Å². The zero-order valence-corrected chi connectivity index (χ0v) is 10.4. The fraction of sp³-hybridized carbons (Fsp3) is 0.500. The van der Waals surface area contributed by atoms with E-state index in [1.165, 1.54) is 0 Å². The third-order valence-electron chi connectivity index (χ3n) is 2.38. The number of anilines is 1. The van der Waals surface area contributed by atoms with Gasteiger partial charge in [-0.05, 0) is 17.7 Å². The monoisotopic (exact) mass is 263 g/mol. The Morgan fingerprint density at radius 1 is 1.38 bits per heavy atom. The molecule has 2 rings (SSSR count). The molecule has 0 saturated carbocycles. The number of halogens is 2. The predicted molar refractivity (Wildman–Crippen MR) is 66.9 cm³/mol. The molecule has 16 heavy (non-hydrogen) atoms. The molecule has 0 bridgehead atoms. The molecule has 0 amide bonds. The van der Waals surface area contributed by atoms with Crippen LogP contribution in [0.4, 0.5) is 5.82 Å². The summed E-state index contributed by atoms with van der Waals surface area (Å²) in [4.78, 5) is 6.55. The molecule has 1 aromatic heterocycles. The molecule has 6 heteroatoms. The van der Waals surface area contributed by atoms with Crippen LogP contribution in [0.25, 0.3) is 0 Å². The molecule has 0 aliphatic carbocycles. The van der Waals surface area contributed by atoms with Crippen LogP contribution < -0.4 is 10.6 Å². The summed E-state index contributed by atoms with van der Waals surface area (Å²) in [5.74, 6) is 1.01. The van der Waals surface area contributed by atoms with Crippen LogP contribution >= 0.6 is 21.7 Å². The minimum atomic E-state index is 0.569. The number of aromatic nitrogens is 1. The highest BCUT2D eigenvalue weighted by Crippen LogP contribution is 2.13. The Morgan fingerprint density at radius 3 is 2.69 bits per heavy atom. The summed E-state index contributed by atoms with van der Waals surface area (Å²) in [7, 11) is 8.22. The number of morpholine rings is 1. The number of nitrogens with two attached hydrogens (primary N) is 1. The van der Waals surface area contributed by atoms with Crippen molar-refractivity contribution < 1.29 is 4.74 Å². The van der Waals surface area contributed by atoms with Crippen LogP contribution in [-0.4, -0.2) is 31.3 Å². The Kier molecular flexibility index (Phi) is 6.49. The summed E-state index contributed by atoms with van der Waals surface area (Å²) in [5.41, 5.74) is 6.70. The normalized spacial score (nSPS) is 15.3. The number of hydrogen-bond donors (Lipinski definition) is 1. The number of nitrogens with zero attached hydrogens (tertiary/aromatic N) is 2. The van der Waals surface area contributed by atoms with E-state index in [0.717, 1.165) is 37.7 Å². The SMILES string of the molecule is ClCl.NCc1ccnc(N2CCOCC2)c1. The van der Waals surface area contributed by atoms with Gasteiger partial charge in [0.1, 0.15) is 5.82 Å². The van der Waals surface area contributed by atoms with Crippen molar-refractivity contribution in [3.63, 3.8) is 0 Å². The maximum atomic E-state index is 5.58. The van der Waals surface area contributed by atoms with E-state index < -0.39 is 0 Å². The summed E-state index contributed by atoms with van der Waals surface area (Å²) in [6, 6.07) is 4.00. The first kappa shape index (κ1) is 13.5. The van der Waals surface area contributed by atoms with Crippen molar-refractivity contribution in [2.75, 3.05) is 31.2 Å². The molecular formula is C10H15Cl2N3O. The molecule has 1 saturated heterocycles. The Bertz CT molecular complexity index is 306. The van der Waals surface area contributed by atoms with E-state index in [2.05, 4.69) is 31.6 Å². The Hall–Kier alpha value is -0.550. The van der Waals surface area contributed by atoms with Gasteiger partial charge in [0.25, 0.3) is 0 Å². The first-order chi connectivity index (χ1) is 7.90. The highest BCUT2D eigenvalue weighted by atomic mass is 36.5. The van der Waals surface area contributed by atoms with E-state index >= 15 is 0 Å². The van der Waals surface area contributed by atoms with Crippen molar-refractivity contribution in [1.29, 1.82) is 0 Å². The zero-order valence-electron chi connectivity index (χ0n) is 8.90. The predicted octanol–water partition coefficient (Wildman–Crippen LogP) is 1.76. The van der Waals surface area contributed by atoms with Crippen molar-refractivity contribution >= 4 is 27.5 Å². The third-order valence-corrected chi connectivity index (χ3v) is 2.38. The fourth-order valence-corrected chi connectivity index (χ4v) is 1.55. The molecule has 2 N–H and O–H groups in total. The maximum absolute atomic E-state index is 5.58. The van der Waals surface area contributed by atoms with E-state index in [0.29, 0.717) is 6.54 Å². The van der Waals surface area contributed by atoms with Crippen LogP contribution in [0.1, 0.15) is 5.56 Å². The van der Waals surface area contributed by atoms with Gasteiger partial charge in [-0.3, -0.25) is 0 Å². The molecule has 0 atom stereocenters. The van der Waals surface area contributed by atoms with Crippen LogP contribution in [0.15, 0.2) is 18.3 Å². The molecule has 0 aromatic carbocycles. The van der Waals surface area contributed by atoms with E-state index in [1.807, 2.05) is 18.3 Å². The molecule has 0 spiro atoms. The molecule has 1 aliphatic rings. The average Bonchev–Trinajstić information content (AvgIpc) is 2.42. The second-order valence-electron chi connectivity index (χ2n) is 3.33. The van der Waals surface area contributed by atoms with Crippen molar-refractivity contribution in [2.24, 2.45) is 5.73 Å². The Morgan fingerprint density at radius 2 is 2.06 bits per heavy atom. The maximum Gasteiger partial charge on any atom is 0.128 e. The van der Waals surface area contributed by atoms with Gasteiger partial charge in [0.15, 0.2) is 0 Å². The molecule has 1 aromatic rings. The summed E-state index contributed by atoms with van der Waals surface area (Å²) >= 11 is 0. The lowest BCUT2D eigenvalue weighted by molar-refractivity contribution is 0.122. The van der Waals surface area contributed by atoms with Crippen LogP contribution in [0.5, 0.6) is 0 Å². The number of pyridine rings is 1. The van der Waals surface area contributed by atoms with Crippen molar-refractivity contribution in [3.05, 3.63) is 23.9 Å². The molecular weight excluding hydrogens is 249 g/mol. The van der Waals surface area contributed by atoms with Gasteiger partial charge in [0.2, 0.25) is 0 Å². The van der Waals surface area contributed by atoms with Gasteiger partial charge in [-0.2, -0.15) is 0 Å². The largest absolute Gasteiger partial charge is 0.378 e. The van der Waals surface area contributed by atoms with E-state index in [9.17, 15) is 0 Å². The quantitative estimate of drug-likeness (QED) is 0.884. The molecule has 0 radical (unpaired) electrons. The van der Waals surface area contributed by atoms with Crippen LogP contribution in [0.3, 0.4) is 0 Å². The van der Waals surface area contributed by atoms with Gasteiger partial charge < -0.3 is 15.4 Å². The second kappa shape index (κ2) is 7.68. The Balaban J connectivity index is 0.000000606. The molecule has 1 aliphatic heterocycles. The molecule has 2 heterocycles. The minimum absolute atomic E-state index is 0.569. The highest BCUT2D eigenvalue weighted by molar-refractivity contribution is 6.85. The topological polar surface area (TPSA) is 51.4 Å². The summed E-state index contributed by atoms with van der Waals surface area (Å²) < 4.78 is 5.28. The molecule has 0 unspecified atom stereocenters. The van der Waals surface area contributed by atoms with Gasteiger partial charge in [-0.15, -0.1) is 0 Å².